The summed E-state index contributed by atoms with van der Waals surface area (Å²) in [5.74, 6) is 0. The number of amides is 1. The van der Waals surface area contributed by atoms with Crippen LogP contribution in [0.3, 0.4) is 0 Å². The fraction of sp³-hybridized carbons (Fsp3) is 0.667. The average Bonchev–Trinajstić information content (AvgIpc) is 2.18. The Morgan fingerprint density at radius 3 is 3.23 bits per heavy atom. The van der Waals surface area contributed by atoms with Crippen LogP contribution in [-0.4, -0.2) is 43.9 Å². The highest BCUT2D eigenvalue weighted by Crippen LogP contribution is 2.11. The van der Waals surface area contributed by atoms with E-state index in [4.69, 9.17) is 4.74 Å². The lowest BCUT2D eigenvalue weighted by Crippen LogP contribution is -2.48. The predicted octanol–water partition coefficient (Wildman–Crippen LogP) is 1.03. The van der Waals surface area contributed by atoms with Crippen molar-refractivity contribution in [3.05, 3.63) is 12.7 Å². The molecule has 1 aliphatic rings. The Hall–Kier alpha value is -1.03. The van der Waals surface area contributed by atoms with Crippen molar-refractivity contribution >= 4 is 6.09 Å². The first-order chi connectivity index (χ1) is 6.29. The van der Waals surface area contributed by atoms with Gasteiger partial charge in [0.05, 0.1) is 26.4 Å². The zero-order valence-corrected chi connectivity index (χ0v) is 7.86. The summed E-state index contributed by atoms with van der Waals surface area (Å²) in [5.41, 5.74) is 0. The SMILES string of the molecule is C=CCC1COCCN1C(=O)OC. The smallest absolute Gasteiger partial charge is 0.409 e. The van der Waals surface area contributed by atoms with Crippen LogP contribution in [0.4, 0.5) is 4.79 Å². The molecule has 1 fully saturated rings. The first-order valence-corrected chi connectivity index (χ1v) is 4.32. The minimum atomic E-state index is -0.282. The molecule has 0 radical (unpaired) electrons. The molecule has 1 amide bonds. The zero-order chi connectivity index (χ0) is 9.68. The first kappa shape index (κ1) is 10.1. The molecule has 13 heavy (non-hydrogen) atoms. The van der Waals surface area contributed by atoms with Crippen molar-refractivity contribution < 1.29 is 14.3 Å². The molecule has 1 heterocycles. The number of methoxy groups -OCH3 is 1. The van der Waals surface area contributed by atoms with E-state index in [0.29, 0.717) is 19.8 Å². The van der Waals surface area contributed by atoms with Gasteiger partial charge in [0, 0.05) is 6.54 Å². The topological polar surface area (TPSA) is 38.8 Å². The number of carbonyl (C=O) groups is 1. The number of hydrogen-bond acceptors (Lipinski definition) is 3. The van der Waals surface area contributed by atoms with Gasteiger partial charge in [-0.05, 0) is 6.42 Å². The Morgan fingerprint density at radius 2 is 2.62 bits per heavy atom. The molecule has 0 bridgehead atoms. The van der Waals surface area contributed by atoms with Crippen LogP contribution in [0.2, 0.25) is 0 Å². The van der Waals surface area contributed by atoms with Gasteiger partial charge in [0.15, 0.2) is 0 Å². The van der Waals surface area contributed by atoms with Crippen LogP contribution in [0.15, 0.2) is 12.7 Å². The second-order valence-corrected chi connectivity index (χ2v) is 2.92. The molecule has 0 aromatic carbocycles. The fourth-order valence-corrected chi connectivity index (χ4v) is 1.40. The van der Waals surface area contributed by atoms with Crippen LogP contribution < -0.4 is 0 Å². The molecule has 1 aliphatic heterocycles. The summed E-state index contributed by atoms with van der Waals surface area (Å²) in [6, 6.07) is 0.0821. The molecular weight excluding hydrogens is 170 g/mol. The monoisotopic (exact) mass is 185 g/mol. The standard InChI is InChI=1S/C9H15NO3/c1-3-4-8-7-13-6-5-10(8)9(11)12-2/h3,8H,1,4-7H2,2H3. The summed E-state index contributed by atoms with van der Waals surface area (Å²) in [6.07, 6.45) is 2.25. The van der Waals surface area contributed by atoms with Crippen molar-refractivity contribution in [1.29, 1.82) is 0 Å². The van der Waals surface area contributed by atoms with Gasteiger partial charge in [-0.2, -0.15) is 0 Å². The Kier molecular flexibility index (Phi) is 3.76. The fourth-order valence-electron chi connectivity index (χ4n) is 1.40. The molecule has 4 nitrogen and oxygen atoms in total. The van der Waals surface area contributed by atoms with Crippen LogP contribution in [0.25, 0.3) is 0 Å². The molecule has 0 aromatic rings. The van der Waals surface area contributed by atoms with Gasteiger partial charge in [-0.1, -0.05) is 6.08 Å². The summed E-state index contributed by atoms with van der Waals surface area (Å²) in [7, 11) is 1.39. The second-order valence-electron chi connectivity index (χ2n) is 2.92. The lowest BCUT2D eigenvalue weighted by molar-refractivity contribution is -0.00327. The molecule has 1 unspecified atom stereocenters. The number of hydrogen-bond donors (Lipinski definition) is 0. The van der Waals surface area contributed by atoms with Crippen LogP contribution in [-0.2, 0) is 9.47 Å². The third-order valence-corrected chi connectivity index (χ3v) is 2.08. The number of ether oxygens (including phenoxy) is 2. The Morgan fingerprint density at radius 1 is 1.85 bits per heavy atom. The third-order valence-electron chi connectivity index (χ3n) is 2.08. The molecular formula is C9H15NO3. The number of nitrogens with zero attached hydrogens (tertiary/aromatic N) is 1. The average molecular weight is 185 g/mol. The summed E-state index contributed by atoms with van der Waals surface area (Å²) in [6.45, 7) is 5.40. The highest BCUT2D eigenvalue weighted by molar-refractivity contribution is 5.68. The molecule has 0 saturated carbocycles. The van der Waals surface area contributed by atoms with E-state index in [1.165, 1.54) is 7.11 Å². The Bertz CT molecular complexity index is 193. The van der Waals surface area contributed by atoms with Crippen LogP contribution >= 0.6 is 0 Å². The van der Waals surface area contributed by atoms with Crippen molar-refractivity contribution in [2.75, 3.05) is 26.9 Å². The molecule has 74 valence electrons. The van der Waals surface area contributed by atoms with Crippen molar-refractivity contribution in [1.82, 2.24) is 4.90 Å². The quantitative estimate of drug-likeness (QED) is 0.603. The van der Waals surface area contributed by atoms with Gasteiger partial charge in [-0.3, -0.25) is 0 Å². The number of carbonyl (C=O) groups excluding carboxylic acids is 1. The maximum atomic E-state index is 11.3. The normalized spacial score (nSPS) is 22.5. The lowest BCUT2D eigenvalue weighted by Gasteiger charge is -2.33. The van der Waals surface area contributed by atoms with Crippen molar-refractivity contribution in [2.24, 2.45) is 0 Å². The van der Waals surface area contributed by atoms with E-state index < -0.39 is 0 Å². The molecule has 1 atom stereocenters. The summed E-state index contributed by atoms with van der Waals surface area (Å²) < 4.78 is 9.93. The highest BCUT2D eigenvalue weighted by atomic mass is 16.5. The van der Waals surface area contributed by atoms with Gasteiger partial charge in [0.25, 0.3) is 0 Å². The van der Waals surface area contributed by atoms with E-state index in [9.17, 15) is 4.79 Å². The molecule has 1 saturated heterocycles. The minimum absolute atomic E-state index is 0.0821. The van der Waals surface area contributed by atoms with E-state index in [0.717, 1.165) is 6.42 Å². The second kappa shape index (κ2) is 4.87. The molecule has 1 rings (SSSR count). The lowest BCUT2D eigenvalue weighted by atomic mass is 10.2. The Labute approximate surface area is 78.1 Å². The van der Waals surface area contributed by atoms with Gasteiger partial charge in [-0.25, -0.2) is 4.79 Å². The van der Waals surface area contributed by atoms with E-state index >= 15 is 0 Å². The van der Waals surface area contributed by atoms with Gasteiger partial charge < -0.3 is 14.4 Å². The highest BCUT2D eigenvalue weighted by Gasteiger charge is 2.26. The molecule has 0 N–H and O–H groups in total. The maximum absolute atomic E-state index is 11.3. The van der Waals surface area contributed by atoms with Gasteiger partial charge in [0.2, 0.25) is 0 Å². The van der Waals surface area contributed by atoms with E-state index in [1.807, 2.05) is 0 Å². The van der Waals surface area contributed by atoms with Crippen LogP contribution in [0.1, 0.15) is 6.42 Å². The molecule has 0 aromatic heterocycles. The summed E-state index contributed by atoms with van der Waals surface area (Å²) in [4.78, 5) is 13.0. The Balaban J connectivity index is 2.55. The predicted molar refractivity (Wildman–Crippen MR) is 48.5 cm³/mol. The van der Waals surface area contributed by atoms with Crippen molar-refractivity contribution in [3.8, 4) is 0 Å². The number of rotatable bonds is 2. The van der Waals surface area contributed by atoms with E-state index in [-0.39, 0.29) is 12.1 Å². The van der Waals surface area contributed by atoms with Gasteiger partial charge in [-0.15, -0.1) is 6.58 Å². The largest absolute Gasteiger partial charge is 0.453 e. The summed E-state index contributed by atoms with van der Waals surface area (Å²) >= 11 is 0. The van der Waals surface area contributed by atoms with E-state index in [1.54, 1.807) is 11.0 Å². The van der Waals surface area contributed by atoms with Gasteiger partial charge >= 0.3 is 6.09 Å². The maximum Gasteiger partial charge on any atom is 0.409 e. The minimum Gasteiger partial charge on any atom is -0.453 e. The molecule has 0 aliphatic carbocycles. The third kappa shape index (κ3) is 2.45. The van der Waals surface area contributed by atoms with Gasteiger partial charge in [0.1, 0.15) is 0 Å². The van der Waals surface area contributed by atoms with Crippen LogP contribution in [0.5, 0.6) is 0 Å². The van der Waals surface area contributed by atoms with Crippen molar-refractivity contribution in [3.63, 3.8) is 0 Å². The first-order valence-electron chi connectivity index (χ1n) is 4.32. The van der Waals surface area contributed by atoms with Crippen molar-refractivity contribution in [2.45, 2.75) is 12.5 Å². The molecule has 0 spiro atoms. The van der Waals surface area contributed by atoms with E-state index in [2.05, 4.69) is 11.3 Å². The summed E-state index contributed by atoms with van der Waals surface area (Å²) in [5, 5.41) is 0. The zero-order valence-electron chi connectivity index (χ0n) is 7.86. The number of morpholine rings is 1. The van der Waals surface area contributed by atoms with Crippen LogP contribution in [0, 0.1) is 0 Å². The molecule has 4 heteroatoms.